The number of anilines is 1. The summed E-state index contributed by atoms with van der Waals surface area (Å²) in [4.78, 5) is 15.4. The molecule has 0 saturated carbocycles. The molecule has 0 atom stereocenters. The minimum absolute atomic E-state index is 0.177. The number of amides is 1. The van der Waals surface area contributed by atoms with Crippen molar-refractivity contribution in [1.82, 2.24) is 4.98 Å². The summed E-state index contributed by atoms with van der Waals surface area (Å²) < 4.78 is 10.4. The van der Waals surface area contributed by atoms with E-state index >= 15 is 0 Å². The molecule has 2 aromatic carbocycles. The van der Waals surface area contributed by atoms with Gasteiger partial charge in [0.2, 0.25) is 0 Å². The van der Waals surface area contributed by atoms with Gasteiger partial charge in [0.05, 0.1) is 14.2 Å². The van der Waals surface area contributed by atoms with Crippen molar-refractivity contribution in [3.8, 4) is 11.5 Å². The zero-order chi connectivity index (χ0) is 15.5. The van der Waals surface area contributed by atoms with Gasteiger partial charge >= 0.3 is 0 Å². The van der Waals surface area contributed by atoms with E-state index in [1.807, 2.05) is 24.4 Å². The number of benzene rings is 2. The first kappa shape index (κ1) is 14.0. The van der Waals surface area contributed by atoms with Gasteiger partial charge in [0.25, 0.3) is 5.91 Å². The number of aromatic amines is 1. The predicted molar refractivity (Wildman–Crippen MR) is 85.8 cm³/mol. The Morgan fingerprint density at radius 2 is 1.82 bits per heavy atom. The summed E-state index contributed by atoms with van der Waals surface area (Å²) in [5.41, 5.74) is 2.17. The Kier molecular flexibility index (Phi) is 3.70. The van der Waals surface area contributed by atoms with Crippen molar-refractivity contribution in [3.05, 3.63) is 54.2 Å². The summed E-state index contributed by atoms with van der Waals surface area (Å²) in [7, 11) is 3.13. The third kappa shape index (κ3) is 2.61. The van der Waals surface area contributed by atoms with Gasteiger partial charge < -0.3 is 19.8 Å². The fourth-order valence-corrected chi connectivity index (χ4v) is 2.31. The van der Waals surface area contributed by atoms with Crippen LogP contribution in [0.4, 0.5) is 5.69 Å². The molecule has 0 aliphatic heterocycles. The van der Waals surface area contributed by atoms with E-state index < -0.39 is 0 Å². The summed E-state index contributed by atoms with van der Waals surface area (Å²) in [6.07, 6.45) is 1.85. The van der Waals surface area contributed by atoms with Gasteiger partial charge in [-0.15, -0.1) is 0 Å². The van der Waals surface area contributed by atoms with Crippen LogP contribution in [0.1, 0.15) is 10.4 Å². The van der Waals surface area contributed by atoms with Crippen LogP contribution in [0.15, 0.2) is 48.7 Å². The first-order chi connectivity index (χ1) is 10.7. The zero-order valence-electron chi connectivity index (χ0n) is 12.3. The number of aromatic nitrogens is 1. The molecule has 0 aliphatic carbocycles. The molecule has 5 heteroatoms. The van der Waals surface area contributed by atoms with Gasteiger partial charge in [0.15, 0.2) is 11.5 Å². The van der Waals surface area contributed by atoms with Crippen molar-refractivity contribution in [2.75, 3.05) is 19.5 Å². The van der Waals surface area contributed by atoms with E-state index in [2.05, 4.69) is 10.3 Å². The van der Waals surface area contributed by atoms with Crippen LogP contribution >= 0.6 is 0 Å². The molecule has 1 aromatic heterocycles. The van der Waals surface area contributed by atoms with E-state index in [-0.39, 0.29) is 5.91 Å². The van der Waals surface area contributed by atoms with Gasteiger partial charge in [-0.25, -0.2) is 0 Å². The van der Waals surface area contributed by atoms with Gasteiger partial charge in [-0.1, -0.05) is 6.07 Å². The molecule has 0 fully saturated rings. The number of hydrogen-bond donors (Lipinski definition) is 2. The summed E-state index contributed by atoms with van der Waals surface area (Å²) >= 11 is 0. The van der Waals surface area contributed by atoms with Crippen LogP contribution in [-0.4, -0.2) is 25.1 Å². The third-order valence-corrected chi connectivity index (χ3v) is 3.46. The lowest BCUT2D eigenvalue weighted by Crippen LogP contribution is -2.11. The van der Waals surface area contributed by atoms with Gasteiger partial charge in [-0.3, -0.25) is 4.79 Å². The quantitative estimate of drug-likeness (QED) is 0.775. The van der Waals surface area contributed by atoms with Crippen LogP contribution in [0.5, 0.6) is 11.5 Å². The van der Waals surface area contributed by atoms with E-state index in [1.54, 1.807) is 38.5 Å². The lowest BCUT2D eigenvalue weighted by Gasteiger charge is -2.10. The van der Waals surface area contributed by atoms with E-state index in [1.165, 1.54) is 0 Å². The number of rotatable bonds is 4. The smallest absolute Gasteiger partial charge is 0.255 e. The highest BCUT2D eigenvalue weighted by Crippen LogP contribution is 2.30. The molecule has 22 heavy (non-hydrogen) atoms. The number of H-pyrrole nitrogens is 1. The van der Waals surface area contributed by atoms with Gasteiger partial charge in [-0.2, -0.15) is 0 Å². The Balaban J connectivity index is 1.84. The third-order valence-electron chi connectivity index (χ3n) is 3.46. The predicted octanol–water partition coefficient (Wildman–Crippen LogP) is 3.44. The van der Waals surface area contributed by atoms with Crippen LogP contribution < -0.4 is 14.8 Å². The minimum atomic E-state index is -0.177. The number of carbonyl (C=O) groups is 1. The lowest BCUT2D eigenvalue weighted by atomic mass is 10.1. The van der Waals surface area contributed by atoms with Crippen molar-refractivity contribution in [2.45, 2.75) is 0 Å². The molecule has 0 spiro atoms. The number of fused-ring (bicyclic) bond motifs is 1. The Bertz CT molecular complexity index is 824. The van der Waals surface area contributed by atoms with E-state index in [9.17, 15) is 4.79 Å². The largest absolute Gasteiger partial charge is 0.493 e. The highest BCUT2D eigenvalue weighted by molar-refractivity contribution is 6.06. The maximum absolute atomic E-state index is 12.3. The van der Waals surface area contributed by atoms with Crippen molar-refractivity contribution < 1.29 is 14.3 Å². The highest BCUT2D eigenvalue weighted by Gasteiger charge is 2.10. The van der Waals surface area contributed by atoms with Crippen molar-refractivity contribution >= 4 is 22.5 Å². The highest BCUT2D eigenvalue weighted by atomic mass is 16.5. The van der Waals surface area contributed by atoms with Crippen LogP contribution in [-0.2, 0) is 0 Å². The fourth-order valence-electron chi connectivity index (χ4n) is 2.31. The molecular weight excluding hydrogens is 280 g/mol. The number of hydrogen-bond acceptors (Lipinski definition) is 3. The Morgan fingerprint density at radius 3 is 2.59 bits per heavy atom. The normalized spacial score (nSPS) is 10.5. The molecule has 3 rings (SSSR count). The molecule has 0 bridgehead atoms. The van der Waals surface area contributed by atoms with E-state index in [0.29, 0.717) is 22.7 Å². The summed E-state index contributed by atoms with van der Waals surface area (Å²) in [6.45, 7) is 0. The average molecular weight is 296 g/mol. The number of nitrogens with one attached hydrogen (secondary N) is 2. The molecule has 1 amide bonds. The molecule has 5 nitrogen and oxygen atoms in total. The Labute approximate surface area is 127 Å². The monoisotopic (exact) mass is 296 g/mol. The molecule has 0 aliphatic rings. The van der Waals surface area contributed by atoms with Crippen molar-refractivity contribution in [2.24, 2.45) is 0 Å². The van der Waals surface area contributed by atoms with Gasteiger partial charge in [0.1, 0.15) is 0 Å². The summed E-state index contributed by atoms with van der Waals surface area (Å²) in [6, 6.07) is 12.7. The minimum Gasteiger partial charge on any atom is -0.493 e. The van der Waals surface area contributed by atoms with E-state index in [0.717, 1.165) is 10.9 Å². The van der Waals surface area contributed by atoms with Gasteiger partial charge in [-0.05, 0) is 35.7 Å². The molecule has 2 N–H and O–H groups in total. The van der Waals surface area contributed by atoms with Crippen molar-refractivity contribution in [3.63, 3.8) is 0 Å². The summed E-state index contributed by atoms with van der Waals surface area (Å²) in [5.74, 6) is 1.01. The van der Waals surface area contributed by atoms with Gasteiger partial charge in [0, 0.05) is 29.0 Å². The Morgan fingerprint density at radius 1 is 1.00 bits per heavy atom. The van der Waals surface area contributed by atoms with Crippen LogP contribution in [0.3, 0.4) is 0 Å². The average Bonchev–Trinajstić information content (AvgIpc) is 3.02. The SMILES string of the molecule is COc1ccc(NC(=O)c2ccc3cc[nH]c3c2)cc1OC. The maximum atomic E-state index is 12.3. The molecule has 1 heterocycles. The second-order valence-electron chi connectivity index (χ2n) is 4.80. The molecule has 0 saturated heterocycles. The van der Waals surface area contributed by atoms with Crippen LogP contribution in [0.25, 0.3) is 10.9 Å². The van der Waals surface area contributed by atoms with Crippen LogP contribution in [0.2, 0.25) is 0 Å². The lowest BCUT2D eigenvalue weighted by molar-refractivity contribution is 0.102. The topological polar surface area (TPSA) is 63.3 Å². The zero-order valence-corrected chi connectivity index (χ0v) is 12.3. The number of methoxy groups -OCH3 is 2. The number of carbonyl (C=O) groups excluding carboxylic acids is 1. The molecule has 3 aromatic rings. The molecule has 0 radical (unpaired) electrons. The standard InChI is InChI=1S/C17H16N2O3/c1-21-15-6-5-13(10-16(15)22-2)19-17(20)12-4-3-11-7-8-18-14(11)9-12/h3-10,18H,1-2H3,(H,19,20). The molecule has 112 valence electrons. The first-order valence-corrected chi connectivity index (χ1v) is 6.82. The second-order valence-corrected chi connectivity index (χ2v) is 4.80. The summed E-state index contributed by atoms with van der Waals surface area (Å²) in [5, 5.41) is 3.92. The first-order valence-electron chi connectivity index (χ1n) is 6.82. The van der Waals surface area contributed by atoms with Crippen molar-refractivity contribution in [1.29, 1.82) is 0 Å². The fraction of sp³-hybridized carbons (Fsp3) is 0.118. The molecular formula is C17H16N2O3. The Hall–Kier alpha value is -2.95. The van der Waals surface area contributed by atoms with Crippen LogP contribution in [0, 0.1) is 0 Å². The van der Waals surface area contributed by atoms with E-state index in [4.69, 9.17) is 9.47 Å². The second kappa shape index (κ2) is 5.81. The molecule has 0 unspecified atom stereocenters. The maximum Gasteiger partial charge on any atom is 0.255 e. The number of ether oxygens (including phenoxy) is 2.